The van der Waals surface area contributed by atoms with Crippen molar-refractivity contribution in [2.45, 2.75) is 46.1 Å². The molecule has 1 saturated heterocycles. The Bertz CT molecular complexity index is 288. The molecule has 1 atom stereocenters. The van der Waals surface area contributed by atoms with Gasteiger partial charge in [0.1, 0.15) is 0 Å². The van der Waals surface area contributed by atoms with Crippen LogP contribution in [0.25, 0.3) is 0 Å². The van der Waals surface area contributed by atoms with E-state index in [9.17, 15) is 0 Å². The second-order valence-electron chi connectivity index (χ2n) is 6.17. The quantitative estimate of drug-likeness (QED) is 0.386. The van der Waals surface area contributed by atoms with Crippen LogP contribution in [0.15, 0.2) is 4.99 Å². The summed E-state index contributed by atoms with van der Waals surface area (Å²) >= 11 is 0. The molecule has 1 rings (SSSR count). The second-order valence-corrected chi connectivity index (χ2v) is 6.17. The van der Waals surface area contributed by atoms with Gasteiger partial charge in [-0.2, -0.15) is 0 Å². The minimum absolute atomic E-state index is 0.574. The Kier molecular flexibility index (Phi) is 9.42. The van der Waals surface area contributed by atoms with E-state index in [0.717, 1.165) is 31.5 Å². The second kappa shape index (κ2) is 10.9. The van der Waals surface area contributed by atoms with Gasteiger partial charge >= 0.3 is 0 Å². The Morgan fingerprint density at radius 1 is 1.24 bits per heavy atom. The molecule has 21 heavy (non-hydrogen) atoms. The van der Waals surface area contributed by atoms with Crippen molar-refractivity contribution in [3.8, 4) is 0 Å². The number of aliphatic imine (C=N–C) groups is 1. The van der Waals surface area contributed by atoms with Crippen molar-refractivity contribution in [3.63, 3.8) is 0 Å². The summed E-state index contributed by atoms with van der Waals surface area (Å²) < 4.78 is 5.08. The molecule has 0 spiro atoms. The van der Waals surface area contributed by atoms with Crippen LogP contribution in [0, 0.1) is 5.92 Å². The zero-order chi connectivity index (χ0) is 15.5. The fourth-order valence-electron chi connectivity index (χ4n) is 2.80. The van der Waals surface area contributed by atoms with Gasteiger partial charge in [0.25, 0.3) is 0 Å². The lowest BCUT2D eigenvalue weighted by Crippen LogP contribution is -2.41. The molecule has 0 aromatic carbocycles. The molecule has 5 heteroatoms. The largest absolute Gasteiger partial charge is 0.383 e. The van der Waals surface area contributed by atoms with E-state index in [2.05, 4.69) is 36.3 Å². The van der Waals surface area contributed by atoms with Crippen LogP contribution < -0.4 is 10.6 Å². The fourth-order valence-corrected chi connectivity index (χ4v) is 2.80. The molecule has 0 aromatic rings. The number of hydrogen-bond acceptors (Lipinski definition) is 3. The normalized spacial score (nSPS) is 18.2. The van der Waals surface area contributed by atoms with Crippen LogP contribution in [0.5, 0.6) is 0 Å². The summed E-state index contributed by atoms with van der Waals surface area (Å²) in [6.07, 6.45) is 3.90. The number of ether oxygens (including phenoxy) is 1. The first-order valence-corrected chi connectivity index (χ1v) is 8.42. The van der Waals surface area contributed by atoms with Gasteiger partial charge in [0.05, 0.1) is 13.2 Å². The van der Waals surface area contributed by atoms with Crippen LogP contribution >= 0.6 is 0 Å². The Labute approximate surface area is 130 Å². The Hall–Kier alpha value is -0.810. The third kappa shape index (κ3) is 7.67. The standard InChI is InChI=1S/C16H34N4O/c1-5-17-16(18-8-11-21-4)19-13-15(12-14(2)3)20-9-6-7-10-20/h14-15H,5-13H2,1-4H3,(H2,17,18,19). The molecule has 0 aromatic heterocycles. The molecule has 1 fully saturated rings. The van der Waals surface area contributed by atoms with Crippen molar-refractivity contribution >= 4 is 5.96 Å². The average molecular weight is 298 g/mol. The van der Waals surface area contributed by atoms with Crippen LogP contribution in [-0.2, 0) is 4.74 Å². The lowest BCUT2D eigenvalue weighted by atomic mass is 10.0. The van der Waals surface area contributed by atoms with E-state index in [0.29, 0.717) is 12.6 Å². The van der Waals surface area contributed by atoms with Gasteiger partial charge in [-0.05, 0) is 45.2 Å². The first kappa shape index (κ1) is 18.2. The van der Waals surface area contributed by atoms with E-state index in [-0.39, 0.29) is 0 Å². The van der Waals surface area contributed by atoms with E-state index in [1.54, 1.807) is 7.11 Å². The molecule has 5 nitrogen and oxygen atoms in total. The predicted octanol–water partition coefficient (Wildman–Crippen LogP) is 1.70. The highest BCUT2D eigenvalue weighted by atomic mass is 16.5. The Balaban J connectivity index is 2.53. The molecule has 1 unspecified atom stereocenters. The summed E-state index contributed by atoms with van der Waals surface area (Å²) in [7, 11) is 1.72. The van der Waals surface area contributed by atoms with Gasteiger partial charge in [0.2, 0.25) is 0 Å². The molecule has 1 aliphatic rings. The first-order valence-electron chi connectivity index (χ1n) is 8.42. The van der Waals surface area contributed by atoms with Crippen LogP contribution in [0.4, 0.5) is 0 Å². The molecule has 1 heterocycles. The lowest BCUT2D eigenvalue weighted by Gasteiger charge is -2.28. The van der Waals surface area contributed by atoms with Gasteiger partial charge in [-0.1, -0.05) is 13.8 Å². The summed E-state index contributed by atoms with van der Waals surface area (Å²) in [5, 5.41) is 6.62. The van der Waals surface area contributed by atoms with Crippen molar-refractivity contribution in [2.75, 3.05) is 46.4 Å². The van der Waals surface area contributed by atoms with Crippen LogP contribution in [0.2, 0.25) is 0 Å². The van der Waals surface area contributed by atoms with Gasteiger partial charge in [-0.3, -0.25) is 9.89 Å². The number of rotatable bonds is 9. The molecule has 0 amide bonds. The molecule has 0 saturated carbocycles. The third-order valence-corrected chi connectivity index (χ3v) is 3.80. The van der Waals surface area contributed by atoms with E-state index < -0.39 is 0 Å². The predicted molar refractivity (Wildman–Crippen MR) is 89.9 cm³/mol. The van der Waals surface area contributed by atoms with Gasteiger partial charge < -0.3 is 15.4 Å². The highest BCUT2D eigenvalue weighted by Crippen LogP contribution is 2.18. The molecular weight excluding hydrogens is 264 g/mol. The summed E-state index contributed by atoms with van der Waals surface area (Å²) in [5.41, 5.74) is 0. The zero-order valence-corrected chi connectivity index (χ0v) is 14.3. The van der Waals surface area contributed by atoms with Crippen molar-refractivity contribution in [1.29, 1.82) is 0 Å². The molecule has 2 N–H and O–H groups in total. The van der Waals surface area contributed by atoms with E-state index in [1.807, 2.05) is 0 Å². The van der Waals surface area contributed by atoms with Gasteiger partial charge in [0, 0.05) is 26.2 Å². The number of guanidine groups is 1. The summed E-state index contributed by atoms with van der Waals surface area (Å²) in [5.74, 6) is 1.62. The van der Waals surface area contributed by atoms with Crippen molar-refractivity contribution in [3.05, 3.63) is 0 Å². The highest BCUT2D eigenvalue weighted by molar-refractivity contribution is 5.79. The molecule has 1 aliphatic heterocycles. The maximum Gasteiger partial charge on any atom is 0.191 e. The third-order valence-electron chi connectivity index (χ3n) is 3.80. The van der Waals surface area contributed by atoms with Crippen molar-refractivity contribution < 1.29 is 4.74 Å². The fraction of sp³-hybridized carbons (Fsp3) is 0.938. The maximum absolute atomic E-state index is 5.08. The van der Waals surface area contributed by atoms with Gasteiger partial charge in [-0.15, -0.1) is 0 Å². The number of nitrogens with one attached hydrogen (secondary N) is 2. The molecular formula is C16H34N4O. The Morgan fingerprint density at radius 3 is 2.52 bits per heavy atom. The lowest BCUT2D eigenvalue weighted by molar-refractivity contribution is 0.203. The maximum atomic E-state index is 5.08. The molecule has 124 valence electrons. The Morgan fingerprint density at radius 2 is 1.95 bits per heavy atom. The minimum atomic E-state index is 0.574. The number of nitrogens with zero attached hydrogens (tertiary/aromatic N) is 2. The summed E-state index contributed by atoms with van der Waals surface area (Å²) in [6, 6.07) is 0.574. The van der Waals surface area contributed by atoms with E-state index in [1.165, 1.54) is 32.4 Å². The SMILES string of the molecule is CCNC(=NCC(CC(C)C)N1CCCC1)NCCOC. The smallest absolute Gasteiger partial charge is 0.191 e. The highest BCUT2D eigenvalue weighted by Gasteiger charge is 2.22. The topological polar surface area (TPSA) is 48.9 Å². The first-order chi connectivity index (χ1) is 10.2. The van der Waals surface area contributed by atoms with Crippen molar-refractivity contribution in [2.24, 2.45) is 10.9 Å². The van der Waals surface area contributed by atoms with E-state index >= 15 is 0 Å². The van der Waals surface area contributed by atoms with Gasteiger partial charge in [-0.25, -0.2) is 0 Å². The number of likely N-dealkylation sites (tertiary alicyclic amines) is 1. The monoisotopic (exact) mass is 298 g/mol. The summed E-state index contributed by atoms with van der Waals surface area (Å²) in [6.45, 7) is 12.4. The summed E-state index contributed by atoms with van der Waals surface area (Å²) in [4.78, 5) is 7.39. The average Bonchev–Trinajstić information content (AvgIpc) is 2.97. The molecule has 0 bridgehead atoms. The number of hydrogen-bond donors (Lipinski definition) is 2. The minimum Gasteiger partial charge on any atom is -0.383 e. The zero-order valence-electron chi connectivity index (χ0n) is 14.3. The van der Waals surface area contributed by atoms with Gasteiger partial charge in [0.15, 0.2) is 5.96 Å². The van der Waals surface area contributed by atoms with Crippen LogP contribution in [0.3, 0.4) is 0 Å². The number of methoxy groups -OCH3 is 1. The van der Waals surface area contributed by atoms with E-state index in [4.69, 9.17) is 9.73 Å². The van der Waals surface area contributed by atoms with Crippen LogP contribution in [0.1, 0.15) is 40.0 Å². The van der Waals surface area contributed by atoms with Crippen molar-refractivity contribution in [1.82, 2.24) is 15.5 Å². The van der Waals surface area contributed by atoms with Crippen LogP contribution in [-0.4, -0.2) is 63.3 Å². The molecule has 0 radical (unpaired) electrons. The molecule has 0 aliphatic carbocycles.